The summed E-state index contributed by atoms with van der Waals surface area (Å²) in [6.07, 6.45) is 7.17. The molecule has 0 amide bonds. The zero-order valence-corrected chi connectivity index (χ0v) is 14.8. The zero-order valence-electron chi connectivity index (χ0n) is 14.8. The van der Waals surface area contributed by atoms with Gasteiger partial charge >= 0.3 is 0 Å². The molecular weight excluding hydrogens is 256 g/mol. The minimum Gasteiger partial charge on any atom is -0.393 e. The van der Waals surface area contributed by atoms with Gasteiger partial charge in [-0.25, -0.2) is 0 Å². The topological polar surface area (TPSA) is 20.2 Å². The molecule has 1 atom stereocenters. The third-order valence-electron chi connectivity index (χ3n) is 2.88. The smallest absolute Gasteiger partial charge is 0.0512 e. The highest BCUT2D eigenvalue weighted by Crippen LogP contribution is 2.16. The number of unbranched alkanes of at least 4 members (excludes halogenated alkanes) is 1. The Balaban J connectivity index is 0.000000885. The second kappa shape index (κ2) is 11.6. The lowest BCUT2D eigenvalue weighted by Gasteiger charge is -2.05. The van der Waals surface area contributed by atoms with E-state index in [0.717, 1.165) is 25.2 Å². The van der Waals surface area contributed by atoms with Crippen LogP contribution in [0.5, 0.6) is 0 Å². The summed E-state index contributed by atoms with van der Waals surface area (Å²) in [6.45, 7) is 12.8. The van der Waals surface area contributed by atoms with Crippen molar-refractivity contribution < 1.29 is 5.11 Å². The van der Waals surface area contributed by atoms with Crippen LogP contribution in [0.15, 0.2) is 30.3 Å². The molecule has 1 aromatic carbocycles. The summed E-state index contributed by atoms with van der Waals surface area (Å²) in [7, 11) is 0. The molecule has 0 bridgehead atoms. The summed E-state index contributed by atoms with van der Waals surface area (Å²) in [5.74, 6) is 1.42. The maximum atomic E-state index is 9.14. The molecule has 1 N–H and O–H groups in total. The van der Waals surface area contributed by atoms with Crippen LogP contribution in [0.1, 0.15) is 77.8 Å². The van der Waals surface area contributed by atoms with Gasteiger partial charge in [0.25, 0.3) is 0 Å². The summed E-state index contributed by atoms with van der Waals surface area (Å²) in [5, 5.41) is 9.14. The first-order valence-electron chi connectivity index (χ1n) is 8.27. The van der Waals surface area contributed by atoms with Crippen LogP contribution < -0.4 is 0 Å². The Morgan fingerprint density at radius 2 is 1.67 bits per heavy atom. The number of aliphatic hydroxyl groups is 1. The Bertz CT molecular complexity index is 386. The highest BCUT2D eigenvalue weighted by molar-refractivity contribution is 5.50. The van der Waals surface area contributed by atoms with E-state index in [0.29, 0.717) is 5.92 Å². The molecule has 21 heavy (non-hydrogen) atoms. The van der Waals surface area contributed by atoms with E-state index in [1.165, 1.54) is 11.1 Å². The van der Waals surface area contributed by atoms with Crippen molar-refractivity contribution in [3.05, 3.63) is 41.5 Å². The number of allylic oxidation sites excluding steroid dienone is 1. The Hall–Kier alpha value is -1.08. The van der Waals surface area contributed by atoms with Gasteiger partial charge in [-0.3, -0.25) is 0 Å². The van der Waals surface area contributed by atoms with Crippen LogP contribution in [0.4, 0.5) is 0 Å². The minimum atomic E-state index is -0.173. The standard InChI is InChI=1S/C16H24O.C4H10/c1-13(2)16-11-7-10-15(12-16)9-6-4-5-8-14(3)17;1-4(2)3/h6-7,9-14,17H,4-5,8H2,1-3H3;4H,1-3H3/b9-6+;/t14-;/m1./s1. The van der Waals surface area contributed by atoms with Crippen LogP contribution in [0.25, 0.3) is 6.08 Å². The monoisotopic (exact) mass is 290 g/mol. The lowest BCUT2D eigenvalue weighted by Crippen LogP contribution is -1.97. The molecule has 1 rings (SSSR count). The molecule has 1 heteroatoms. The van der Waals surface area contributed by atoms with Gasteiger partial charge in [0.2, 0.25) is 0 Å². The Morgan fingerprint density at radius 3 is 2.19 bits per heavy atom. The molecule has 0 aliphatic carbocycles. The first kappa shape index (κ1) is 19.9. The first-order chi connectivity index (χ1) is 9.82. The molecule has 0 aromatic heterocycles. The summed E-state index contributed by atoms with van der Waals surface area (Å²) < 4.78 is 0. The molecule has 0 saturated carbocycles. The molecule has 0 spiro atoms. The SMILES string of the molecule is CC(C)C.CC(C)c1cccc(/C=C/CCC[C@@H](C)O)c1. The van der Waals surface area contributed by atoms with Gasteiger partial charge in [-0.2, -0.15) is 0 Å². The molecule has 0 unspecified atom stereocenters. The molecule has 120 valence electrons. The predicted molar refractivity (Wildman–Crippen MR) is 95.6 cm³/mol. The molecule has 0 radical (unpaired) electrons. The van der Waals surface area contributed by atoms with Gasteiger partial charge < -0.3 is 5.11 Å². The fourth-order valence-corrected chi connectivity index (χ4v) is 1.77. The van der Waals surface area contributed by atoms with Gasteiger partial charge in [-0.1, -0.05) is 71.0 Å². The van der Waals surface area contributed by atoms with E-state index in [1.54, 1.807) is 0 Å². The third kappa shape index (κ3) is 12.4. The maximum Gasteiger partial charge on any atom is 0.0512 e. The van der Waals surface area contributed by atoms with Gasteiger partial charge in [0.05, 0.1) is 6.10 Å². The average Bonchev–Trinajstić information content (AvgIpc) is 2.37. The number of hydrogen-bond acceptors (Lipinski definition) is 1. The minimum absolute atomic E-state index is 0.173. The average molecular weight is 290 g/mol. The van der Waals surface area contributed by atoms with E-state index in [1.807, 2.05) is 6.92 Å². The first-order valence-corrected chi connectivity index (χ1v) is 8.27. The second-order valence-electron chi connectivity index (χ2n) is 6.74. The van der Waals surface area contributed by atoms with Gasteiger partial charge in [0.15, 0.2) is 0 Å². The van der Waals surface area contributed by atoms with Crippen molar-refractivity contribution in [1.82, 2.24) is 0 Å². The van der Waals surface area contributed by atoms with Crippen LogP contribution in [0.3, 0.4) is 0 Å². The molecule has 0 saturated heterocycles. The maximum absolute atomic E-state index is 9.14. The number of benzene rings is 1. The van der Waals surface area contributed by atoms with Crippen molar-refractivity contribution in [3.63, 3.8) is 0 Å². The van der Waals surface area contributed by atoms with Gasteiger partial charge in [-0.05, 0) is 49.1 Å². The molecule has 1 nitrogen and oxygen atoms in total. The van der Waals surface area contributed by atoms with E-state index in [4.69, 9.17) is 5.11 Å². The highest BCUT2D eigenvalue weighted by atomic mass is 16.3. The van der Waals surface area contributed by atoms with Crippen LogP contribution in [-0.4, -0.2) is 11.2 Å². The largest absolute Gasteiger partial charge is 0.393 e. The Kier molecular flexibility index (Phi) is 11.0. The molecule has 0 heterocycles. The zero-order chi connectivity index (χ0) is 16.3. The van der Waals surface area contributed by atoms with Crippen molar-refractivity contribution in [3.8, 4) is 0 Å². The summed E-state index contributed by atoms with van der Waals surface area (Å²) >= 11 is 0. The third-order valence-corrected chi connectivity index (χ3v) is 2.88. The van der Waals surface area contributed by atoms with E-state index in [2.05, 4.69) is 71.0 Å². The van der Waals surface area contributed by atoms with Crippen molar-refractivity contribution in [2.24, 2.45) is 5.92 Å². The van der Waals surface area contributed by atoms with Crippen LogP contribution in [0.2, 0.25) is 0 Å². The predicted octanol–water partition coefficient (Wildman–Crippen LogP) is 6.04. The second-order valence-corrected chi connectivity index (χ2v) is 6.74. The summed E-state index contributed by atoms with van der Waals surface area (Å²) in [5.41, 5.74) is 2.66. The molecule has 0 fully saturated rings. The number of hydrogen-bond donors (Lipinski definition) is 1. The molecule has 0 aliphatic heterocycles. The van der Waals surface area contributed by atoms with E-state index in [-0.39, 0.29) is 6.10 Å². The van der Waals surface area contributed by atoms with Gasteiger partial charge in [0.1, 0.15) is 0 Å². The van der Waals surface area contributed by atoms with E-state index < -0.39 is 0 Å². The quantitative estimate of drug-likeness (QED) is 0.633. The summed E-state index contributed by atoms with van der Waals surface area (Å²) in [6, 6.07) is 8.67. The van der Waals surface area contributed by atoms with E-state index in [9.17, 15) is 0 Å². The Morgan fingerprint density at radius 1 is 1.05 bits per heavy atom. The number of aliphatic hydroxyl groups excluding tert-OH is 1. The highest BCUT2D eigenvalue weighted by Gasteiger charge is 1.98. The van der Waals surface area contributed by atoms with Crippen LogP contribution in [0, 0.1) is 5.92 Å². The summed E-state index contributed by atoms with van der Waals surface area (Å²) in [4.78, 5) is 0. The van der Waals surface area contributed by atoms with Crippen molar-refractivity contribution in [1.29, 1.82) is 0 Å². The van der Waals surface area contributed by atoms with Crippen LogP contribution in [-0.2, 0) is 0 Å². The molecular formula is C20H34O. The van der Waals surface area contributed by atoms with Crippen LogP contribution >= 0.6 is 0 Å². The van der Waals surface area contributed by atoms with E-state index >= 15 is 0 Å². The number of rotatable bonds is 6. The normalized spacial score (nSPS) is 12.6. The Labute approximate surface area is 132 Å². The van der Waals surface area contributed by atoms with Gasteiger partial charge in [-0.15, -0.1) is 0 Å². The van der Waals surface area contributed by atoms with Crippen molar-refractivity contribution >= 4 is 6.08 Å². The molecule has 0 aliphatic rings. The lowest BCUT2D eigenvalue weighted by molar-refractivity contribution is 0.182. The lowest BCUT2D eigenvalue weighted by atomic mass is 10.0. The fraction of sp³-hybridized carbons (Fsp3) is 0.600. The molecule has 1 aromatic rings. The van der Waals surface area contributed by atoms with Gasteiger partial charge in [0, 0.05) is 0 Å². The van der Waals surface area contributed by atoms with Crippen molar-refractivity contribution in [2.75, 3.05) is 0 Å². The fourth-order valence-electron chi connectivity index (χ4n) is 1.77. The van der Waals surface area contributed by atoms with Crippen molar-refractivity contribution in [2.45, 2.75) is 72.8 Å².